The Hall–Kier alpha value is -1.36. The van der Waals surface area contributed by atoms with E-state index in [4.69, 9.17) is 4.74 Å². The van der Waals surface area contributed by atoms with Crippen molar-refractivity contribution in [2.24, 2.45) is 0 Å². The molecule has 2 atom stereocenters. The monoisotopic (exact) mass is 279 g/mol. The van der Waals surface area contributed by atoms with Crippen LogP contribution in [0.25, 0.3) is 0 Å². The number of nitrogens with zero attached hydrogens (tertiary/aromatic N) is 2. The average molecular weight is 279 g/mol. The molecule has 1 heterocycles. The van der Waals surface area contributed by atoms with Gasteiger partial charge in [-0.15, -0.1) is 0 Å². The Bertz CT molecular complexity index is 467. The number of imidazole rings is 1. The zero-order valence-electron chi connectivity index (χ0n) is 12.8. The first-order valence-corrected chi connectivity index (χ1v) is 7.38. The van der Waals surface area contributed by atoms with Gasteiger partial charge >= 0.3 is 5.97 Å². The number of esters is 1. The van der Waals surface area contributed by atoms with Crippen LogP contribution < -0.4 is 5.32 Å². The number of ether oxygens (including phenoxy) is 1. The van der Waals surface area contributed by atoms with Gasteiger partial charge in [-0.05, 0) is 33.1 Å². The number of methoxy groups -OCH3 is 1. The van der Waals surface area contributed by atoms with Crippen molar-refractivity contribution in [1.29, 1.82) is 0 Å². The van der Waals surface area contributed by atoms with Crippen LogP contribution in [0.1, 0.15) is 51.9 Å². The number of hydrogen-bond donors (Lipinski definition) is 1. The third-order valence-electron chi connectivity index (χ3n) is 3.98. The maximum absolute atomic E-state index is 12.1. The van der Waals surface area contributed by atoms with Crippen LogP contribution in [0.15, 0.2) is 12.4 Å². The van der Waals surface area contributed by atoms with Crippen LogP contribution in [-0.2, 0) is 16.0 Å². The second-order valence-corrected chi connectivity index (χ2v) is 5.90. The molecule has 2 unspecified atom stereocenters. The molecule has 0 spiro atoms. The fraction of sp³-hybridized carbons (Fsp3) is 0.733. The predicted molar refractivity (Wildman–Crippen MR) is 77.5 cm³/mol. The Morgan fingerprint density at radius 1 is 1.65 bits per heavy atom. The predicted octanol–water partition coefficient (Wildman–Crippen LogP) is 2.08. The minimum absolute atomic E-state index is 0.186. The van der Waals surface area contributed by atoms with Gasteiger partial charge in [0.15, 0.2) is 0 Å². The molecule has 5 heteroatoms. The molecule has 1 fully saturated rings. The zero-order valence-corrected chi connectivity index (χ0v) is 12.8. The van der Waals surface area contributed by atoms with E-state index in [1.165, 1.54) is 7.11 Å². The van der Waals surface area contributed by atoms with Gasteiger partial charge in [0, 0.05) is 30.9 Å². The zero-order chi connectivity index (χ0) is 14.8. The summed E-state index contributed by atoms with van der Waals surface area (Å²) in [5.41, 5.74) is -0.634. The molecule has 1 saturated carbocycles. The summed E-state index contributed by atoms with van der Waals surface area (Å²) in [4.78, 5) is 16.5. The number of rotatable bonds is 7. The standard InChI is InChI=1S/C15H25N3O2/c1-5-13-16-8-9-18(13)11(2)10-15(3,14(19)20-4)17-12-6-7-12/h8-9,11-12,17H,5-7,10H2,1-4H3. The van der Waals surface area contributed by atoms with Crippen LogP contribution in [0.2, 0.25) is 0 Å². The normalized spacial score (nSPS) is 19.4. The summed E-state index contributed by atoms with van der Waals surface area (Å²) < 4.78 is 7.14. The van der Waals surface area contributed by atoms with Crippen LogP contribution in [0, 0.1) is 0 Å². The van der Waals surface area contributed by atoms with E-state index in [9.17, 15) is 4.79 Å². The fourth-order valence-corrected chi connectivity index (χ4v) is 2.81. The SMILES string of the molecule is CCc1nccn1C(C)CC(C)(NC1CC1)C(=O)OC. The number of aryl methyl sites for hydroxylation is 1. The Balaban J connectivity index is 2.12. The third-order valence-corrected chi connectivity index (χ3v) is 3.98. The molecule has 0 radical (unpaired) electrons. The van der Waals surface area contributed by atoms with E-state index in [-0.39, 0.29) is 12.0 Å². The first-order chi connectivity index (χ1) is 9.50. The molecule has 20 heavy (non-hydrogen) atoms. The van der Waals surface area contributed by atoms with Gasteiger partial charge in [0.05, 0.1) is 7.11 Å². The molecule has 1 aliphatic carbocycles. The van der Waals surface area contributed by atoms with Gasteiger partial charge in [0.25, 0.3) is 0 Å². The van der Waals surface area contributed by atoms with Crippen molar-refractivity contribution in [1.82, 2.24) is 14.9 Å². The summed E-state index contributed by atoms with van der Waals surface area (Å²) in [6.07, 6.45) is 7.68. The fourth-order valence-electron chi connectivity index (χ4n) is 2.81. The van der Waals surface area contributed by atoms with Crippen molar-refractivity contribution in [2.75, 3.05) is 7.11 Å². The Morgan fingerprint density at radius 2 is 2.35 bits per heavy atom. The van der Waals surface area contributed by atoms with Gasteiger partial charge in [-0.3, -0.25) is 10.1 Å². The Kier molecular flexibility index (Phi) is 4.48. The molecule has 1 aromatic heterocycles. The summed E-state index contributed by atoms with van der Waals surface area (Å²) in [5.74, 6) is 0.866. The molecule has 0 aliphatic heterocycles. The van der Waals surface area contributed by atoms with Crippen LogP contribution in [0.3, 0.4) is 0 Å². The molecule has 0 saturated heterocycles. The first-order valence-electron chi connectivity index (χ1n) is 7.38. The number of carbonyl (C=O) groups excluding carboxylic acids is 1. The molecule has 2 rings (SSSR count). The van der Waals surface area contributed by atoms with Crippen molar-refractivity contribution < 1.29 is 9.53 Å². The van der Waals surface area contributed by atoms with E-state index in [2.05, 4.69) is 28.7 Å². The molecule has 1 aliphatic rings. The lowest BCUT2D eigenvalue weighted by atomic mass is 9.93. The number of carbonyl (C=O) groups is 1. The van der Waals surface area contributed by atoms with Crippen molar-refractivity contribution in [2.45, 2.75) is 64.1 Å². The summed E-state index contributed by atoms with van der Waals surface area (Å²) in [6, 6.07) is 0.655. The van der Waals surface area contributed by atoms with Gasteiger partial charge in [0.1, 0.15) is 11.4 Å². The van der Waals surface area contributed by atoms with E-state index in [0.717, 1.165) is 25.1 Å². The lowest BCUT2D eigenvalue weighted by Crippen LogP contribution is -2.52. The first kappa shape index (κ1) is 15.0. The van der Waals surface area contributed by atoms with Gasteiger partial charge in [0.2, 0.25) is 0 Å². The number of aromatic nitrogens is 2. The molecular formula is C15H25N3O2. The molecule has 1 aromatic rings. The average Bonchev–Trinajstić information content (AvgIpc) is 3.09. The maximum Gasteiger partial charge on any atom is 0.325 e. The smallest absolute Gasteiger partial charge is 0.325 e. The Labute approximate surface area is 120 Å². The highest BCUT2D eigenvalue weighted by molar-refractivity contribution is 5.80. The van der Waals surface area contributed by atoms with E-state index < -0.39 is 5.54 Å². The van der Waals surface area contributed by atoms with Crippen LogP contribution in [-0.4, -0.2) is 34.2 Å². The van der Waals surface area contributed by atoms with E-state index in [1.807, 2.05) is 19.3 Å². The van der Waals surface area contributed by atoms with Crippen molar-refractivity contribution in [3.8, 4) is 0 Å². The Morgan fingerprint density at radius 3 is 2.90 bits per heavy atom. The lowest BCUT2D eigenvalue weighted by molar-refractivity contribution is -0.148. The summed E-state index contributed by atoms with van der Waals surface area (Å²) in [7, 11) is 1.45. The van der Waals surface area contributed by atoms with Crippen LogP contribution in [0.5, 0.6) is 0 Å². The highest BCUT2D eigenvalue weighted by Gasteiger charge is 2.40. The van der Waals surface area contributed by atoms with Gasteiger partial charge in [-0.1, -0.05) is 6.92 Å². The molecule has 1 N–H and O–H groups in total. The van der Waals surface area contributed by atoms with Gasteiger partial charge in [-0.25, -0.2) is 4.98 Å². The van der Waals surface area contributed by atoms with E-state index >= 15 is 0 Å². The lowest BCUT2D eigenvalue weighted by Gasteiger charge is -2.31. The molecule has 0 amide bonds. The second kappa shape index (κ2) is 5.95. The van der Waals surface area contributed by atoms with Gasteiger partial charge < -0.3 is 9.30 Å². The highest BCUT2D eigenvalue weighted by atomic mass is 16.5. The number of nitrogens with one attached hydrogen (secondary N) is 1. The maximum atomic E-state index is 12.1. The highest BCUT2D eigenvalue weighted by Crippen LogP contribution is 2.29. The molecule has 0 bridgehead atoms. The summed E-state index contributed by atoms with van der Waals surface area (Å²) in [5, 5.41) is 3.44. The van der Waals surface area contributed by atoms with Crippen LogP contribution in [0.4, 0.5) is 0 Å². The molecule has 5 nitrogen and oxygen atoms in total. The minimum Gasteiger partial charge on any atom is -0.468 e. The second-order valence-electron chi connectivity index (χ2n) is 5.90. The van der Waals surface area contributed by atoms with Crippen LogP contribution >= 0.6 is 0 Å². The number of hydrogen-bond acceptors (Lipinski definition) is 4. The topological polar surface area (TPSA) is 56.2 Å². The molecule has 0 aromatic carbocycles. The summed E-state index contributed by atoms with van der Waals surface area (Å²) >= 11 is 0. The molecule has 112 valence electrons. The van der Waals surface area contributed by atoms with Crippen molar-refractivity contribution in [3.05, 3.63) is 18.2 Å². The van der Waals surface area contributed by atoms with E-state index in [0.29, 0.717) is 12.5 Å². The minimum atomic E-state index is -0.634. The van der Waals surface area contributed by atoms with E-state index in [1.54, 1.807) is 0 Å². The van der Waals surface area contributed by atoms with Gasteiger partial charge in [-0.2, -0.15) is 0 Å². The summed E-state index contributed by atoms with van der Waals surface area (Å²) in [6.45, 7) is 6.15. The quantitative estimate of drug-likeness (QED) is 0.776. The molecular weight excluding hydrogens is 254 g/mol. The largest absolute Gasteiger partial charge is 0.468 e. The third kappa shape index (κ3) is 3.20. The van der Waals surface area contributed by atoms with Crippen molar-refractivity contribution >= 4 is 5.97 Å². The van der Waals surface area contributed by atoms with Crippen molar-refractivity contribution in [3.63, 3.8) is 0 Å².